The van der Waals surface area contributed by atoms with E-state index in [9.17, 15) is 0 Å². The van der Waals surface area contributed by atoms with Gasteiger partial charge in [0, 0.05) is 12.6 Å². The zero-order valence-corrected chi connectivity index (χ0v) is 11.6. The van der Waals surface area contributed by atoms with Crippen molar-refractivity contribution < 1.29 is 0 Å². The topological polar surface area (TPSA) is 29.3 Å². The molecule has 2 nitrogen and oxygen atoms in total. The number of hydrogen-bond donors (Lipinski definition) is 1. The second-order valence-electron chi connectivity index (χ2n) is 5.41. The Hall–Kier alpha value is -0.150. The fraction of sp³-hybridized carbons (Fsp3) is 0.923. The molecule has 0 saturated heterocycles. The quantitative estimate of drug-likeness (QED) is 0.696. The second kappa shape index (κ2) is 7.23. The third-order valence-electron chi connectivity index (χ3n) is 3.43. The maximum absolute atomic E-state index is 5.68. The van der Waals surface area contributed by atoms with E-state index in [1.807, 2.05) is 0 Å². The van der Waals surface area contributed by atoms with Crippen LogP contribution >= 0.6 is 12.2 Å². The molecule has 0 aromatic carbocycles. The van der Waals surface area contributed by atoms with Gasteiger partial charge in [-0.15, -0.1) is 0 Å². The van der Waals surface area contributed by atoms with Crippen molar-refractivity contribution in [3.8, 4) is 0 Å². The van der Waals surface area contributed by atoms with Gasteiger partial charge in [0.2, 0.25) is 0 Å². The van der Waals surface area contributed by atoms with Gasteiger partial charge in [-0.3, -0.25) is 4.90 Å². The van der Waals surface area contributed by atoms with Crippen molar-refractivity contribution in [2.75, 3.05) is 13.1 Å². The minimum absolute atomic E-state index is 0.649. The molecule has 94 valence electrons. The first kappa shape index (κ1) is 13.9. The van der Waals surface area contributed by atoms with Crippen molar-refractivity contribution in [3.63, 3.8) is 0 Å². The second-order valence-corrected chi connectivity index (χ2v) is 5.94. The maximum atomic E-state index is 5.68. The highest BCUT2D eigenvalue weighted by molar-refractivity contribution is 7.80. The summed E-state index contributed by atoms with van der Waals surface area (Å²) in [4.78, 5) is 3.16. The molecular weight excluding hydrogens is 216 g/mol. The molecule has 1 aliphatic rings. The van der Waals surface area contributed by atoms with E-state index in [0.717, 1.165) is 18.5 Å². The molecule has 0 aromatic heterocycles. The molecule has 0 heterocycles. The third-order valence-corrected chi connectivity index (χ3v) is 3.56. The van der Waals surface area contributed by atoms with Gasteiger partial charge in [0.1, 0.15) is 0 Å². The first-order valence-corrected chi connectivity index (χ1v) is 7.02. The van der Waals surface area contributed by atoms with Crippen LogP contribution in [-0.4, -0.2) is 29.0 Å². The van der Waals surface area contributed by atoms with Crippen LogP contribution in [0, 0.1) is 5.92 Å². The van der Waals surface area contributed by atoms with Gasteiger partial charge in [-0.05, 0) is 38.1 Å². The average molecular weight is 242 g/mol. The molecule has 0 unspecified atom stereocenters. The number of nitrogens with zero attached hydrogens (tertiary/aromatic N) is 1. The van der Waals surface area contributed by atoms with Gasteiger partial charge in [0.05, 0.1) is 4.99 Å². The number of thiocarbonyl (C=S) groups is 1. The molecule has 0 radical (unpaired) electrons. The van der Waals surface area contributed by atoms with E-state index in [1.54, 1.807) is 0 Å². The van der Waals surface area contributed by atoms with Gasteiger partial charge in [-0.25, -0.2) is 0 Å². The lowest BCUT2D eigenvalue weighted by molar-refractivity contribution is 0.219. The van der Waals surface area contributed by atoms with Gasteiger partial charge in [0.15, 0.2) is 0 Å². The first-order valence-electron chi connectivity index (χ1n) is 6.62. The Morgan fingerprint density at radius 3 is 2.50 bits per heavy atom. The van der Waals surface area contributed by atoms with Crippen LogP contribution in [0.1, 0.15) is 52.4 Å². The fourth-order valence-corrected chi connectivity index (χ4v) is 2.73. The van der Waals surface area contributed by atoms with Crippen LogP contribution in [0.15, 0.2) is 0 Å². The van der Waals surface area contributed by atoms with E-state index in [0.29, 0.717) is 4.99 Å². The lowest BCUT2D eigenvalue weighted by Gasteiger charge is -2.28. The summed E-state index contributed by atoms with van der Waals surface area (Å²) in [7, 11) is 0. The summed E-state index contributed by atoms with van der Waals surface area (Å²) in [6.07, 6.45) is 8.01. The minimum atomic E-state index is 0.649. The van der Waals surface area contributed by atoms with E-state index >= 15 is 0 Å². The Morgan fingerprint density at radius 2 is 2.00 bits per heavy atom. The first-order chi connectivity index (χ1) is 7.59. The number of hydrogen-bond acceptors (Lipinski definition) is 2. The van der Waals surface area contributed by atoms with E-state index in [4.69, 9.17) is 18.0 Å². The molecule has 2 N–H and O–H groups in total. The van der Waals surface area contributed by atoms with Crippen molar-refractivity contribution >= 4 is 17.2 Å². The molecule has 0 amide bonds. The molecule has 0 bridgehead atoms. The molecule has 0 atom stereocenters. The standard InChI is InChI=1S/C13H26N2S/c1-11(2)6-5-9-15(10-13(14)16)12-7-3-4-8-12/h11-12H,3-10H2,1-2H3,(H2,14,16). The SMILES string of the molecule is CC(C)CCCN(CC(N)=S)C1CCCC1. The largest absolute Gasteiger partial charge is 0.392 e. The van der Waals surface area contributed by atoms with Gasteiger partial charge >= 0.3 is 0 Å². The minimum Gasteiger partial charge on any atom is -0.392 e. The van der Waals surface area contributed by atoms with Crippen molar-refractivity contribution in [2.45, 2.75) is 58.4 Å². The van der Waals surface area contributed by atoms with Gasteiger partial charge in [-0.2, -0.15) is 0 Å². The zero-order valence-electron chi connectivity index (χ0n) is 10.7. The molecule has 1 rings (SSSR count). The monoisotopic (exact) mass is 242 g/mol. The molecular formula is C13H26N2S. The highest BCUT2D eigenvalue weighted by Gasteiger charge is 2.22. The van der Waals surface area contributed by atoms with Gasteiger partial charge in [0.25, 0.3) is 0 Å². The Bertz CT molecular complexity index is 210. The van der Waals surface area contributed by atoms with Crippen LogP contribution in [0.4, 0.5) is 0 Å². The van der Waals surface area contributed by atoms with Crippen LogP contribution in [-0.2, 0) is 0 Å². The van der Waals surface area contributed by atoms with E-state index < -0.39 is 0 Å². The summed E-state index contributed by atoms with van der Waals surface area (Å²) in [6.45, 7) is 6.55. The lowest BCUT2D eigenvalue weighted by Crippen LogP contribution is -2.40. The molecule has 0 aliphatic heterocycles. The number of rotatable bonds is 7. The Kier molecular flexibility index (Phi) is 6.29. The van der Waals surface area contributed by atoms with Crippen LogP contribution < -0.4 is 5.73 Å². The van der Waals surface area contributed by atoms with E-state index in [1.165, 1.54) is 45.1 Å². The Labute approximate surface area is 106 Å². The number of nitrogens with two attached hydrogens (primary N) is 1. The summed E-state index contributed by atoms with van der Waals surface area (Å²) in [6, 6.07) is 0.744. The van der Waals surface area contributed by atoms with Crippen LogP contribution in [0.2, 0.25) is 0 Å². The molecule has 16 heavy (non-hydrogen) atoms. The van der Waals surface area contributed by atoms with Crippen LogP contribution in [0.25, 0.3) is 0 Å². The molecule has 3 heteroatoms. The van der Waals surface area contributed by atoms with Crippen molar-refractivity contribution in [3.05, 3.63) is 0 Å². The van der Waals surface area contributed by atoms with Gasteiger partial charge < -0.3 is 5.73 Å². The predicted octanol–water partition coefficient (Wildman–Crippen LogP) is 2.95. The summed E-state index contributed by atoms with van der Waals surface area (Å²) in [5, 5.41) is 0. The predicted molar refractivity (Wildman–Crippen MR) is 74.7 cm³/mol. The molecule has 0 spiro atoms. The van der Waals surface area contributed by atoms with Crippen molar-refractivity contribution in [1.29, 1.82) is 0 Å². The Morgan fingerprint density at radius 1 is 1.38 bits per heavy atom. The molecule has 1 saturated carbocycles. The summed E-state index contributed by atoms with van der Waals surface area (Å²) >= 11 is 5.05. The van der Waals surface area contributed by atoms with E-state index in [2.05, 4.69) is 18.7 Å². The molecule has 1 aliphatic carbocycles. The van der Waals surface area contributed by atoms with Crippen molar-refractivity contribution in [1.82, 2.24) is 4.90 Å². The third kappa shape index (κ3) is 5.26. The highest BCUT2D eigenvalue weighted by Crippen LogP contribution is 2.23. The Balaban J connectivity index is 2.34. The van der Waals surface area contributed by atoms with Gasteiger partial charge in [-0.1, -0.05) is 38.9 Å². The zero-order chi connectivity index (χ0) is 12.0. The average Bonchev–Trinajstić information content (AvgIpc) is 2.67. The summed E-state index contributed by atoms with van der Waals surface area (Å²) in [5.74, 6) is 0.801. The van der Waals surface area contributed by atoms with Crippen LogP contribution in [0.3, 0.4) is 0 Å². The lowest BCUT2D eigenvalue weighted by atomic mass is 10.1. The highest BCUT2D eigenvalue weighted by atomic mass is 32.1. The molecule has 1 fully saturated rings. The van der Waals surface area contributed by atoms with Crippen LogP contribution in [0.5, 0.6) is 0 Å². The van der Waals surface area contributed by atoms with Crippen molar-refractivity contribution in [2.24, 2.45) is 11.7 Å². The summed E-state index contributed by atoms with van der Waals surface area (Å²) in [5.41, 5.74) is 5.68. The van der Waals surface area contributed by atoms with E-state index in [-0.39, 0.29) is 0 Å². The molecule has 0 aromatic rings. The normalized spacial score (nSPS) is 17.5. The smallest absolute Gasteiger partial charge is 0.0870 e. The maximum Gasteiger partial charge on any atom is 0.0870 e. The fourth-order valence-electron chi connectivity index (χ4n) is 2.56. The summed E-state index contributed by atoms with van der Waals surface area (Å²) < 4.78 is 0.